The Bertz CT molecular complexity index is 1050. The van der Waals surface area contributed by atoms with E-state index in [0.29, 0.717) is 13.4 Å². The highest BCUT2D eigenvalue weighted by molar-refractivity contribution is 5.87. The van der Waals surface area contributed by atoms with Crippen LogP contribution in [-0.4, -0.2) is 20.5 Å². The van der Waals surface area contributed by atoms with Crippen LogP contribution < -0.4 is 35.9 Å². The minimum absolute atomic E-state index is 0. The van der Waals surface area contributed by atoms with Gasteiger partial charge in [-0.05, 0) is 41.6 Å². The molecule has 0 N–H and O–H groups in total. The Morgan fingerprint density at radius 2 is 1.79 bits per heavy atom. The monoisotopic (exact) mass is 399 g/mol. The largest absolute Gasteiger partial charge is 1.00 e. The van der Waals surface area contributed by atoms with E-state index in [1.807, 2.05) is 0 Å². The Morgan fingerprint density at radius 1 is 1.00 bits per heavy atom. The number of pyridine rings is 1. The maximum absolute atomic E-state index is 5.87. The highest BCUT2D eigenvalue weighted by atomic mass is 35.5. The van der Waals surface area contributed by atoms with Crippen molar-refractivity contribution >= 4 is 10.8 Å². The molecule has 0 unspecified atom stereocenters. The van der Waals surface area contributed by atoms with Gasteiger partial charge >= 0.3 is 0 Å². The zero-order valence-corrected chi connectivity index (χ0v) is 16.7. The van der Waals surface area contributed by atoms with Gasteiger partial charge in [-0.2, -0.15) is 4.57 Å². The van der Waals surface area contributed by atoms with Crippen molar-refractivity contribution in [1.29, 1.82) is 0 Å². The highest BCUT2D eigenvalue weighted by Crippen LogP contribution is 2.40. The maximum atomic E-state index is 5.87. The first-order valence-corrected chi connectivity index (χ1v) is 9.37. The number of benzene rings is 2. The molecule has 146 valence electrons. The summed E-state index contributed by atoms with van der Waals surface area (Å²) >= 11 is 0. The molecule has 0 spiro atoms. The van der Waals surface area contributed by atoms with Gasteiger partial charge in [0, 0.05) is 17.9 Å². The topological polar surface area (TPSA) is 40.8 Å². The van der Waals surface area contributed by atoms with E-state index in [1.165, 1.54) is 16.8 Å². The summed E-state index contributed by atoms with van der Waals surface area (Å²) in [7, 11) is 1.68. The summed E-state index contributed by atoms with van der Waals surface area (Å²) in [6.07, 6.45) is 4.15. The summed E-state index contributed by atoms with van der Waals surface area (Å²) in [6.45, 7) is 4.02. The van der Waals surface area contributed by atoms with Crippen molar-refractivity contribution < 1.29 is 35.9 Å². The van der Waals surface area contributed by atoms with Gasteiger partial charge in [-0.25, -0.2) is 0 Å². The normalized spacial score (nSPS) is 13.5. The molecule has 0 bridgehead atoms. The SMILES string of the molecule is CCCOc1cc2c[n+]3c(cc2cc1OC)-c1cc2c(cc1CC3)OCO2.[Cl-]. The predicted molar refractivity (Wildman–Crippen MR) is 102 cm³/mol. The second-order valence-corrected chi connectivity index (χ2v) is 6.95. The first kappa shape index (κ1) is 18.7. The Balaban J connectivity index is 0.00000192. The third-order valence-corrected chi connectivity index (χ3v) is 5.22. The number of hydrogen-bond donors (Lipinski definition) is 0. The van der Waals surface area contributed by atoms with Crippen molar-refractivity contribution in [3.63, 3.8) is 0 Å². The molecule has 6 heteroatoms. The van der Waals surface area contributed by atoms with Crippen molar-refractivity contribution in [3.05, 3.63) is 42.1 Å². The first-order chi connectivity index (χ1) is 13.3. The average molecular weight is 400 g/mol. The van der Waals surface area contributed by atoms with Crippen molar-refractivity contribution in [2.45, 2.75) is 26.3 Å². The molecule has 0 fully saturated rings. The van der Waals surface area contributed by atoms with E-state index in [1.54, 1.807) is 7.11 Å². The van der Waals surface area contributed by atoms with Crippen LogP contribution in [0.5, 0.6) is 23.0 Å². The van der Waals surface area contributed by atoms with E-state index in [9.17, 15) is 0 Å². The smallest absolute Gasteiger partial charge is 0.231 e. The van der Waals surface area contributed by atoms with Crippen molar-refractivity contribution in [2.24, 2.45) is 0 Å². The van der Waals surface area contributed by atoms with Gasteiger partial charge in [-0.1, -0.05) is 6.92 Å². The minimum atomic E-state index is 0. The van der Waals surface area contributed by atoms with Crippen LogP contribution >= 0.6 is 0 Å². The van der Waals surface area contributed by atoms with Crippen LogP contribution in [0.1, 0.15) is 18.9 Å². The minimum Gasteiger partial charge on any atom is -1.00 e. The van der Waals surface area contributed by atoms with Crippen molar-refractivity contribution in [1.82, 2.24) is 0 Å². The van der Waals surface area contributed by atoms with E-state index in [0.717, 1.165) is 53.2 Å². The van der Waals surface area contributed by atoms with E-state index in [2.05, 4.69) is 48.0 Å². The maximum Gasteiger partial charge on any atom is 0.231 e. The van der Waals surface area contributed by atoms with Crippen LogP contribution in [0.2, 0.25) is 0 Å². The van der Waals surface area contributed by atoms with Gasteiger partial charge in [-0.15, -0.1) is 0 Å². The summed E-state index contributed by atoms with van der Waals surface area (Å²) in [6, 6.07) is 10.6. The molecule has 0 atom stereocenters. The van der Waals surface area contributed by atoms with Gasteiger partial charge in [0.15, 0.2) is 35.7 Å². The fourth-order valence-corrected chi connectivity index (χ4v) is 3.87. The molecule has 2 aromatic carbocycles. The molecule has 5 rings (SSSR count). The van der Waals surface area contributed by atoms with Crippen molar-refractivity contribution in [3.8, 4) is 34.3 Å². The second kappa shape index (κ2) is 7.40. The lowest BCUT2D eigenvalue weighted by Crippen LogP contribution is -3.00. The van der Waals surface area contributed by atoms with E-state index in [-0.39, 0.29) is 12.4 Å². The number of aryl methyl sites for hydroxylation is 2. The molecule has 2 aliphatic rings. The standard InChI is InChI=1S/C22H22NO4.ClH/c1-3-6-25-20-10-16-12-23-5-4-14-8-21-22(27-13-26-21)11-17(14)18(23)7-15(16)9-19(20)24-2;/h7-12H,3-6,13H2,1-2H3;1H/q+1;/p-1. The Hall–Kier alpha value is -2.66. The summed E-state index contributed by atoms with van der Waals surface area (Å²) in [4.78, 5) is 0. The van der Waals surface area contributed by atoms with Crippen LogP contribution in [0.3, 0.4) is 0 Å². The highest BCUT2D eigenvalue weighted by Gasteiger charge is 2.28. The number of methoxy groups -OCH3 is 1. The molecule has 0 saturated carbocycles. The van der Waals surface area contributed by atoms with Gasteiger partial charge in [-0.3, -0.25) is 0 Å². The predicted octanol–water partition coefficient (Wildman–Crippen LogP) is 0.880. The van der Waals surface area contributed by atoms with Gasteiger partial charge in [0.25, 0.3) is 0 Å². The molecular formula is C22H22ClNO4. The number of rotatable bonds is 4. The van der Waals surface area contributed by atoms with Gasteiger partial charge in [0.2, 0.25) is 12.5 Å². The van der Waals surface area contributed by atoms with Crippen LogP contribution in [0, 0.1) is 0 Å². The van der Waals surface area contributed by atoms with Gasteiger partial charge < -0.3 is 31.4 Å². The molecule has 0 amide bonds. The summed E-state index contributed by atoms with van der Waals surface area (Å²) < 4.78 is 24.9. The molecule has 5 nitrogen and oxygen atoms in total. The molecule has 0 saturated heterocycles. The Kier molecular flexibility index (Phi) is 4.94. The average Bonchev–Trinajstić information content (AvgIpc) is 3.16. The number of fused-ring (bicyclic) bond motifs is 5. The van der Waals surface area contributed by atoms with Crippen LogP contribution in [0.25, 0.3) is 22.0 Å². The quantitative estimate of drug-likeness (QED) is 0.611. The molecular weight excluding hydrogens is 378 g/mol. The zero-order valence-electron chi connectivity index (χ0n) is 16.0. The lowest BCUT2D eigenvalue weighted by Gasteiger charge is -2.17. The Labute approximate surface area is 170 Å². The summed E-state index contributed by atoms with van der Waals surface area (Å²) in [5, 5.41) is 2.28. The fourth-order valence-electron chi connectivity index (χ4n) is 3.87. The van der Waals surface area contributed by atoms with Crippen LogP contribution in [0.4, 0.5) is 0 Å². The van der Waals surface area contributed by atoms with Gasteiger partial charge in [0.1, 0.15) is 0 Å². The van der Waals surface area contributed by atoms with Crippen LogP contribution in [-0.2, 0) is 13.0 Å². The van der Waals surface area contributed by atoms with E-state index < -0.39 is 0 Å². The summed E-state index contributed by atoms with van der Waals surface area (Å²) in [5.74, 6) is 3.24. The van der Waals surface area contributed by atoms with E-state index >= 15 is 0 Å². The number of halogens is 1. The zero-order chi connectivity index (χ0) is 18.4. The second-order valence-electron chi connectivity index (χ2n) is 6.95. The Morgan fingerprint density at radius 3 is 2.57 bits per heavy atom. The molecule has 0 aliphatic carbocycles. The van der Waals surface area contributed by atoms with Gasteiger partial charge in [0.05, 0.1) is 19.3 Å². The molecule has 1 aromatic heterocycles. The molecule has 3 heterocycles. The lowest BCUT2D eigenvalue weighted by molar-refractivity contribution is -0.686. The molecule has 2 aliphatic heterocycles. The molecule has 28 heavy (non-hydrogen) atoms. The lowest BCUT2D eigenvalue weighted by atomic mass is 9.95. The number of hydrogen-bond acceptors (Lipinski definition) is 4. The number of aromatic nitrogens is 1. The third-order valence-electron chi connectivity index (χ3n) is 5.22. The molecule has 0 radical (unpaired) electrons. The van der Waals surface area contributed by atoms with Crippen molar-refractivity contribution in [2.75, 3.05) is 20.5 Å². The molecule has 3 aromatic rings. The van der Waals surface area contributed by atoms with Crippen LogP contribution in [0.15, 0.2) is 36.5 Å². The number of ether oxygens (including phenoxy) is 4. The third kappa shape index (κ3) is 3.00. The van der Waals surface area contributed by atoms with E-state index in [4.69, 9.17) is 18.9 Å². The number of nitrogens with zero attached hydrogens (tertiary/aromatic N) is 1. The summed E-state index contributed by atoms with van der Waals surface area (Å²) in [5.41, 5.74) is 3.69. The first-order valence-electron chi connectivity index (χ1n) is 9.37. The fraction of sp³-hybridized carbons (Fsp3) is 0.318.